The summed E-state index contributed by atoms with van der Waals surface area (Å²) < 4.78 is 44.4. The van der Waals surface area contributed by atoms with E-state index < -0.39 is 41.1 Å². The van der Waals surface area contributed by atoms with E-state index >= 15 is 0 Å². The van der Waals surface area contributed by atoms with Crippen LogP contribution in [0.25, 0.3) is 0 Å². The second-order valence-electron chi connectivity index (χ2n) is 4.77. The maximum Gasteiger partial charge on any atom is 0.338 e. The molecule has 0 bridgehead atoms. The Kier molecular flexibility index (Phi) is 5.46. The predicted octanol–water partition coefficient (Wildman–Crippen LogP) is 3.94. The van der Waals surface area contributed by atoms with Crippen LogP contribution in [-0.4, -0.2) is 18.0 Å². The van der Waals surface area contributed by atoms with Crippen LogP contribution in [0.3, 0.4) is 0 Å². The van der Waals surface area contributed by atoms with Crippen molar-refractivity contribution in [2.45, 2.75) is 13.0 Å². The van der Waals surface area contributed by atoms with Crippen LogP contribution in [0.2, 0.25) is 5.02 Å². The molecule has 0 saturated heterocycles. The molecule has 0 saturated carbocycles. The van der Waals surface area contributed by atoms with E-state index in [1.165, 1.54) is 25.1 Å². The topological polar surface area (TPSA) is 55.4 Å². The van der Waals surface area contributed by atoms with E-state index in [1.807, 2.05) is 5.32 Å². The summed E-state index contributed by atoms with van der Waals surface area (Å²) >= 11 is 5.75. The van der Waals surface area contributed by atoms with Crippen molar-refractivity contribution in [3.05, 3.63) is 64.4 Å². The quantitative estimate of drug-likeness (QED) is 0.666. The van der Waals surface area contributed by atoms with Gasteiger partial charge in [-0.2, -0.15) is 0 Å². The minimum atomic E-state index is -1.71. The van der Waals surface area contributed by atoms with E-state index in [4.69, 9.17) is 16.3 Å². The first-order chi connectivity index (χ1) is 11.3. The first kappa shape index (κ1) is 17.8. The van der Waals surface area contributed by atoms with Crippen LogP contribution < -0.4 is 5.32 Å². The Morgan fingerprint density at radius 3 is 2.50 bits per heavy atom. The highest BCUT2D eigenvalue weighted by molar-refractivity contribution is 6.30. The Morgan fingerprint density at radius 1 is 1.12 bits per heavy atom. The number of amides is 1. The lowest BCUT2D eigenvalue weighted by Gasteiger charge is -2.14. The molecule has 126 valence electrons. The van der Waals surface area contributed by atoms with Gasteiger partial charge in [0.25, 0.3) is 5.91 Å². The summed E-state index contributed by atoms with van der Waals surface area (Å²) in [6, 6.07) is 7.39. The fraction of sp³-hybridized carbons (Fsp3) is 0.125. The average Bonchev–Trinajstić information content (AvgIpc) is 2.55. The van der Waals surface area contributed by atoms with E-state index in [2.05, 4.69) is 0 Å². The minimum Gasteiger partial charge on any atom is -0.449 e. The third-order valence-electron chi connectivity index (χ3n) is 3.01. The molecule has 0 spiro atoms. The highest BCUT2D eigenvalue weighted by Crippen LogP contribution is 2.20. The number of esters is 1. The van der Waals surface area contributed by atoms with Gasteiger partial charge in [-0.3, -0.25) is 4.79 Å². The number of benzene rings is 2. The van der Waals surface area contributed by atoms with E-state index in [0.717, 1.165) is 6.07 Å². The van der Waals surface area contributed by atoms with Crippen molar-refractivity contribution in [2.24, 2.45) is 0 Å². The van der Waals surface area contributed by atoms with Gasteiger partial charge in [-0.05, 0) is 37.3 Å². The molecule has 0 unspecified atom stereocenters. The van der Waals surface area contributed by atoms with Crippen molar-refractivity contribution in [2.75, 3.05) is 5.32 Å². The van der Waals surface area contributed by atoms with Crippen LogP contribution in [0.4, 0.5) is 18.9 Å². The van der Waals surface area contributed by atoms with Crippen molar-refractivity contribution in [3.63, 3.8) is 0 Å². The third kappa shape index (κ3) is 4.05. The summed E-state index contributed by atoms with van der Waals surface area (Å²) in [6.07, 6.45) is -1.30. The predicted molar refractivity (Wildman–Crippen MR) is 81.3 cm³/mol. The number of ether oxygens (including phenoxy) is 1. The van der Waals surface area contributed by atoms with Crippen molar-refractivity contribution in [1.82, 2.24) is 0 Å². The average molecular weight is 358 g/mol. The van der Waals surface area contributed by atoms with Gasteiger partial charge in [-0.15, -0.1) is 0 Å². The number of anilines is 1. The van der Waals surface area contributed by atoms with Crippen LogP contribution in [-0.2, 0) is 9.53 Å². The summed E-state index contributed by atoms with van der Waals surface area (Å²) in [6.45, 7) is 1.25. The molecule has 1 N–H and O–H groups in total. The number of carbonyl (C=O) groups is 2. The monoisotopic (exact) mass is 357 g/mol. The van der Waals surface area contributed by atoms with Gasteiger partial charge in [0.05, 0.1) is 11.3 Å². The number of hydrogen-bond acceptors (Lipinski definition) is 3. The summed E-state index contributed by atoms with van der Waals surface area (Å²) in [5.74, 6) is -6.36. The van der Waals surface area contributed by atoms with Crippen molar-refractivity contribution < 1.29 is 27.5 Å². The molecular formula is C16H11ClF3NO3. The molecular weight excluding hydrogens is 347 g/mol. The van der Waals surface area contributed by atoms with E-state index in [-0.39, 0.29) is 5.56 Å². The fourth-order valence-electron chi connectivity index (χ4n) is 1.75. The molecule has 4 nitrogen and oxygen atoms in total. The largest absolute Gasteiger partial charge is 0.449 e. The first-order valence-corrected chi connectivity index (χ1v) is 7.08. The molecule has 2 rings (SSSR count). The summed E-state index contributed by atoms with van der Waals surface area (Å²) in [5, 5.41) is 2.33. The highest BCUT2D eigenvalue weighted by Gasteiger charge is 2.22. The number of hydrogen-bond donors (Lipinski definition) is 1. The Labute approximate surface area is 140 Å². The zero-order valence-corrected chi connectivity index (χ0v) is 13.0. The maximum atomic E-state index is 13.5. The van der Waals surface area contributed by atoms with Crippen LogP contribution in [0, 0.1) is 17.5 Å². The van der Waals surface area contributed by atoms with Gasteiger partial charge >= 0.3 is 5.97 Å². The zero-order valence-electron chi connectivity index (χ0n) is 12.3. The van der Waals surface area contributed by atoms with Gasteiger partial charge in [0, 0.05) is 5.02 Å². The van der Waals surface area contributed by atoms with Gasteiger partial charge < -0.3 is 10.1 Å². The summed E-state index contributed by atoms with van der Waals surface area (Å²) in [5.41, 5.74) is -0.439. The summed E-state index contributed by atoms with van der Waals surface area (Å²) in [4.78, 5) is 23.8. The molecule has 0 heterocycles. The molecule has 0 aliphatic heterocycles. The smallest absolute Gasteiger partial charge is 0.338 e. The Hall–Kier alpha value is -2.54. The highest BCUT2D eigenvalue weighted by atomic mass is 35.5. The minimum absolute atomic E-state index is 0.126. The summed E-state index contributed by atoms with van der Waals surface area (Å²) in [7, 11) is 0. The second kappa shape index (κ2) is 7.35. The second-order valence-corrected chi connectivity index (χ2v) is 5.21. The van der Waals surface area contributed by atoms with Crippen LogP contribution >= 0.6 is 11.6 Å². The van der Waals surface area contributed by atoms with Gasteiger partial charge in [0.2, 0.25) is 0 Å². The fourth-order valence-corrected chi connectivity index (χ4v) is 1.94. The lowest BCUT2D eigenvalue weighted by molar-refractivity contribution is -0.123. The molecule has 2 aromatic rings. The number of rotatable bonds is 4. The normalized spacial score (nSPS) is 11.7. The first-order valence-electron chi connectivity index (χ1n) is 6.70. The number of nitrogens with one attached hydrogen (secondary N) is 1. The van der Waals surface area contributed by atoms with Gasteiger partial charge in [0.1, 0.15) is 0 Å². The maximum absolute atomic E-state index is 13.5. The molecule has 1 amide bonds. The molecule has 0 aromatic heterocycles. The van der Waals surface area contributed by atoms with Crippen LogP contribution in [0.5, 0.6) is 0 Å². The van der Waals surface area contributed by atoms with Gasteiger partial charge in [-0.25, -0.2) is 18.0 Å². The standard InChI is InChI=1S/C16H11ClF3NO3/c1-8(24-16(23)9-3-2-4-10(17)7-9)15(22)21-12-6-5-11(18)13(19)14(12)20/h2-8H,1H3,(H,21,22)/t8-/m0/s1. The van der Waals surface area contributed by atoms with E-state index in [1.54, 1.807) is 6.07 Å². The van der Waals surface area contributed by atoms with Gasteiger partial charge in [-0.1, -0.05) is 17.7 Å². The Balaban J connectivity index is 2.05. The van der Waals surface area contributed by atoms with Crippen molar-refractivity contribution >= 4 is 29.2 Å². The lowest BCUT2D eigenvalue weighted by atomic mass is 10.2. The van der Waals surface area contributed by atoms with Crippen LogP contribution in [0.15, 0.2) is 36.4 Å². The number of halogens is 4. The van der Waals surface area contributed by atoms with Gasteiger partial charge in [0.15, 0.2) is 23.6 Å². The molecule has 1 atom stereocenters. The van der Waals surface area contributed by atoms with Crippen LogP contribution in [0.1, 0.15) is 17.3 Å². The Morgan fingerprint density at radius 2 is 1.83 bits per heavy atom. The van der Waals surface area contributed by atoms with Crippen molar-refractivity contribution in [3.8, 4) is 0 Å². The van der Waals surface area contributed by atoms with Crippen molar-refractivity contribution in [1.29, 1.82) is 0 Å². The molecule has 0 fully saturated rings. The molecule has 8 heteroatoms. The number of carbonyl (C=O) groups excluding carboxylic acids is 2. The molecule has 0 aliphatic rings. The Bertz CT molecular complexity index is 798. The van der Waals surface area contributed by atoms with E-state index in [0.29, 0.717) is 11.1 Å². The SMILES string of the molecule is C[C@H](OC(=O)c1cccc(Cl)c1)C(=O)Nc1ccc(F)c(F)c1F. The third-order valence-corrected chi connectivity index (χ3v) is 3.24. The molecule has 24 heavy (non-hydrogen) atoms. The zero-order chi connectivity index (χ0) is 17.9. The molecule has 0 radical (unpaired) electrons. The molecule has 0 aliphatic carbocycles. The molecule has 2 aromatic carbocycles. The van der Waals surface area contributed by atoms with E-state index in [9.17, 15) is 22.8 Å². The lowest BCUT2D eigenvalue weighted by Crippen LogP contribution is -2.30.